The molecule has 0 N–H and O–H groups in total. The number of benzene rings is 4. The molecule has 0 aromatic heterocycles. The highest BCUT2D eigenvalue weighted by molar-refractivity contribution is 5.75. The molecule has 0 nitrogen and oxygen atoms in total. The molecule has 0 fully saturated rings. The highest BCUT2D eigenvalue weighted by atomic mass is 14.2. The molecule has 0 radical (unpaired) electrons. The third kappa shape index (κ3) is 4.65. The van der Waals surface area contributed by atoms with Gasteiger partial charge in [0.1, 0.15) is 0 Å². The second kappa shape index (κ2) is 9.66. The summed E-state index contributed by atoms with van der Waals surface area (Å²) in [5, 5.41) is 0. The van der Waals surface area contributed by atoms with Gasteiger partial charge in [-0.25, -0.2) is 0 Å². The molecule has 0 heterocycles. The lowest BCUT2D eigenvalue weighted by Gasteiger charge is -2.18. The van der Waals surface area contributed by atoms with Gasteiger partial charge in [0.05, 0.1) is 0 Å². The van der Waals surface area contributed by atoms with Gasteiger partial charge in [-0.3, -0.25) is 0 Å². The first-order chi connectivity index (χ1) is 15.9. The van der Waals surface area contributed by atoms with Gasteiger partial charge in [-0.15, -0.1) is 0 Å². The summed E-state index contributed by atoms with van der Waals surface area (Å²) in [6.07, 6.45) is 13.4. The zero-order valence-electron chi connectivity index (χ0n) is 18.4. The lowest BCUT2D eigenvalue weighted by molar-refractivity contribution is 0.896. The molecule has 0 amide bonds. The fraction of sp³-hybridized carbons (Fsp3) is 0.125. The van der Waals surface area contributed by atoms with Gasteiger partial charge in [0.2, 0.25) is 0 Å². The monoisotopic (exact) mass is 412 g/mol. The average Bonchev–Trinajstić information content (AvgIpc) is 2.85. The van der Waals surface area contributed by atoms with Crippen LogP contribution in [0, 0.1) is 0 Å². The summed E-state index contributed by atoms with van der Waals surface area (Å²) in [4.78, 5) is 0. The summed E-state index contributed by atoms with van der Waals surface area (Å²) in [6, 6.07) is 34.9. The Morgan fingerprint density at radius 2 is 0.688 bits per heavy atom. The van der Waals surface area contributed by atoms with Crippen LogP contribution in [-0.2, 0) is 25.7 Å². The van der Waals surface area contributed by atoms with Crippen LogP contribution in [0.4, 0.5) is 0 Å². The van der Waals surface area contributed by atoms with E-state index < -0.39 is 0 Å². The Bertz CT molecular complexity index is 1100. The van der Waals surface area contributed by atoms with Crippen molar-refractivity contribution < 1.29 is 0 Å². The van der Waals surface area contributed by atoms with E-state index in [1.807, 2.05) is 0 Å². The van der Waals surface area contributed by atoms with Gasteiger partial charge >= 0.3 is 0 Å². The number of hydrogen-bond acceptors (Lipinski definition) is 0. The highest BCUT2D eigenvalue weighted by Gasteiger charge is 2.13. The molecular weight excluding hydrogens is 384 g/mol. The van der Waals surface area contributed by atoms with Crippen molar-refractivity contribution in [1.82, 2.24) is 0 Å². The molecule has 0 heteroatoms. The van der Waals surface area contributed by atoms with E-state index in [0.29, 0.717) is 0 Å². The molecule has 0 unspecified atom stereocenters. The molecule has 5 rings (SSSR count). The van der Waals surface area contributed by atoms with Crippen molar-refractivity contribution in [3.05, 3.63) is 142 Å². The molecule has 4 aromatic rings. The van der Waals surface area contributed by atoms with Crippen molar-refractivity contribution in [1.29, 1.82) is 0 Å². The van der Waals surface area contributed by atoms with Crippen LogP contribution in [0.5, 0.6) is 0 Å². The number of hydrogen-bond donors (Lipinski definition) is 0. The summed E-state index contributed by atoms with van der Waals surface area (Å²) in [6.45, 7) is 0. The second-order valence-corrected chi connectivity index (χ2v) is 8.47. The first-order valence-electron chi connectivity index (χ1n) is 11.5. The maximum absolute atomic E-state index is 2.33. The SMILES string of the molecule is C(=C\c1c2cccc1CCc1cccc(c1/C=C/c1ccccc1)CC2)/c1ccccc1. The first kappa shape index (κ1) is 20.3. The van der Waals surface area contributed by atoms with Crippen molar-refractivity contribution >= 4 is 24.3 Å². The van der Waals surface area contributed by atoms with Crippen LogP contribution in [0.2, 0.25) is 0 Å². The van der Waals surface area contributed by atoms with E-state index in [1.165, 1.54) is 44.5 Å². The molecular formula is C32H28. The molecule has 4 bridgehead atoms. The lowest BCUT2D eigenvalue weighted by atomic mass is 9.87. The lowest BCUT2D eigenvalue weighted by Crippen LogP contribution is -2.06. The molecule has 1 aliphatic rings. The number of aryl methyl sites for hydroxylation is 4. The van der Waals surface area contributed by atoms with Crippen molar-refractivity contribution in [3.63, 3.8) is 0 Å². The van der Waals surface area contributed by atoms with Crippen LogP contribution in [0.1, 0.15) is 44.5 Å². The smallest absolute Gasteiger partial charge is 0.0192 e. The number of rotatable bonds is 4. The van der Waals surface area contributed by atoms with Crippen molar-refractivity contribution in [2.24, 2.45) is 0 Å². The molecule has 4 aromatic carbocycles. The van der Waals surface area contributed by atoms with E-state index in [0.717, 1.165) is 25.7 Å². The minimum Gasteiger partial charge on any atom is -0.0622 e. The largest absolute Gasteiger partial charge is 0.0622 e. The maximum Gasteiger partial charge on any atom is -0.0192 e. The Morgan fingerprint density at radius 3 is 1.03 bits per heavy atom. The first-order valence-corrected chi connectivity index (χ1v) is 11.5. The Hall–Kier alpha value is -3.64. The van der Waals surface area contributed by atoms with Gasteiger partial charge in [0.15, 0.2) is 0 Å². The summed E-state index contributed by atoms with van der Waals surface area (Å²) in [5.41, 5.74) is 11.1. The fourth-order valence-corrected chi connectivity index (χ4v) is 4.66. The zero-order valence-corrected chi connectivity index (χ0v) is 18.4. The topological polar surface area (TPSA) is 0 Å². The Labute approximate surface area is 191 Å². The quantitative estimate of drug-likeness (QED) is 0.299. The predicted octanol–water partition coefficient (Wildman–Crippen LogP) is 7.91. The van der Waals surface area contributed by atoms with Crippen LogP contribution in [0.15, 0.2) is 97.1 Å². The van der Waals surface area contributed by atoms with E-state index in [1.54, 1.807) is 0 Å². The van der Waals surface area contributed by atoms with Gasteiger partial charge in [0.25, 0.3) is 0 Å². The molecule has 0 aliphatic heterocycles. The van der Waals surface area contributed by atoms with Gasteiger partial charge in [-0.05, 0) is 70.2 Å². The fourth-order valence-electron chi connectivity index (χ4n) is 4.66. The molecule has 32 heavy (non-hydrogen) atoms. The van der Waals surface area contributed by atoms with Crippen molar-refractivity contribution in [2.75, 3.05) is 0 Å². The zero-order chi connectivity index (χ0) is 21.6. The van der Waals surface area contributed by atoms with Gasteiger partial charge in [-0.2, -0.15) is 0 Å². The normalized spacial score (nSPS) is 13.5. The van der Waals surface area contributed by atoms with Gasteiger partial charge in [0, 0.05) is 0 Å². The standard InChI is InChI=1S/C32H28/c1-3-9-25(10-4-1)17-23-31-27-13-7-14-28(31)20-22-30-16-8-15-29(21-19-27)32(30)24-18-26-11-5-2-6-12-26/h1-18,23-24H,19-22H2/b23-17+,24-18+. The van der Waals surface area contributed by atoms with E-state index >= 15 is 0 Å². The van der Waals surface area contributed by atoms with Gasteiger partial charge < -0.3 is 0 Å². The van der Waals surface area contributed by atoms with E-state index in [-0.39, 0.29) is 0 Å². The molecule has 1 aliphatic carbocycles. The Morgan fingerprint density at radius 1 is 0.344 bits per heavy atom. The number of fused-ring (bicyclic) bond motifs is 4. The third-order valence-corrected chi connectivity index (χ3v) is 6.38. The second-order valence-electron chi connectivity index (χ2n) is 8.47. The minimum absolute atomic E-state index is 1.05. The van der Waals surface area contributed by atoms with Crippen LogP contribution in [0.3, 0.4) is 0 Å². The molecule has 156 valence electrons. The van der Waals surface area contributed by atoms with E-state index in [4.69, 9.17) is 0 Å². The van der Waals surface area contributed by atoms with Crippen LogP contribution in [-0.4, -0.2) is 0 Å². The predicted molar refractivity (Wildman–Crippen MR) is 138 cm³/mol. The highest BCUT2D eigenvalue weighted by Crippen LogP contribution is 2.27. The van der Waals surface area contributed by atoms with E-state index in [2.05, 4.69) is 121 Å². The minimum atomic E-state index is 1.05. The van der Waals surface area contributed by atoms with Crippen molar-refractivity contribution in [3.8, 4) is 0 Å². The Balaban J connectivity index is 1.48. The molecule has 0 spiro atoms. The average molecular weight is 413 g/mol. The Kier molecular flexibility index (Phi) is 6.12. The maximum atomic E-state index is 2.33. The van der Waals surface area contributed by atoms with Crippen LogP contribution in [0.25, 0.3) is 24.3 Å². The van der Waals surface area contributed by atoms with E-state index in [9.17, 15) is 0 Å². The summed E-state index contributed by atoms with van der Waals surface area (Å²) in [5.74, 6) is 0. The third-order valence-electron chi connectivity index (χ3n) is 6.38. The van der Waals surface area contributed by atoms with Crippen LogP contribution < -0.4 is 0 Å². The van der Waals surface area contributed by atoms with Crippen molar-refractivity contribution in [2.45, 2.75) is 25.7 Å². The van der Waals surface area contributed by atoms with Gasteiger partial charge in [-0.1, -0.05) is 121 Å². The molecule has 0 atom stereocenters. The van der Waals surface area contributed by atoms with Crippen LogP contribution >= 0.6 is 0 Å². The molecule has 0 saturated carbocycles. The molecule has 0 saturated heterocycles. The summed E-state index contributed by atoms with van der Waals surface area (Å²) < 4.78 is 0. The summed E-state index contributed by atoms with van der Waals surface area (Å²) in [7, 11) is 0. The summed E-state index contributed by atoms with van der Waals surface area (Å²) >= 11 is 0.